The number of hydrogen-bond donors (Lipinski definition) is 2. The molecule has 27 heavy (non-hydrogen) atoms. The van der Waals surface area contributed by atoms with Crippen LogP contribution >= 0.6 is 0 Å². The van der Waals surface area contributed by atoms with Gasteiger partial charge in [-0.15, -0.1) is 0 Å². The third-order valence-corrected chi connectivity index (χ3v) is 5.65. The Hall–Kier alpha value is -2.67. The average molecular weight is 389 g/mol. The summed E-state index contributed by atoms with van der Waals surface area (Å²) in [6, 6.07) is 13.4. The van der Waals surface area contributed by atoms with E-state index in [0.717, 1.165) is 0 Å². The normalized spacial score (nSPS) is 12.6. The number of carbonyl (C=O) groups excluding carboxylic acids is 1. The Labute approximate surface area is 159 Å². The van der Waals surface area contributed by atoms with Crippen molar-refractivity contribution in [3.05, 3.63) is 65.7 Å². The van der Waals surface area contributed by atoms with Gasteiger partial charge in [0.05, 0.1) is 10.6 Å². The van der Waals surface area contributed by atoms with Gasteiger partial charge in [0.1, 0.15) is 6.04 Å². The van der Waals surface area contributed by atoms with Gasteiger partial charge in [-0.05, 0) is 36.1 Å². The molecule has 2 N–H and O–H groups in total. The fourth-order valence-electron chi connectivity index (χ4n) is 2.64. The smallest absolute Gasteiger partial charge is 0.326 e. The van der Waals surface area contributed by atoms with E-state index in [0.29, 0.717) is 5.56 Å². The molecule has 0 radical (unpaired) electrons. The van der Waals surface area contributed by atoms with Crippen LogP contribution in [0.5, 0.6) is 0 Å². The predicted octanol–water partition coefficient (Wildman–Crippen LogP) is 2.89. The van der Waals surface area contributed by atoms with Gasteiger partial charge in [0.25, 0.3) is 5.91 Å². The van der Waals surface area contributed by atoms with Crippen LogP contribution < -0.4 is 5.32 Å². The van der Waals surface area contributed by atoms with Crippen LogP contribution in [0.2, 0.25) is 0 Å². The van der Waals surface area contributed by atoms with E-state index in [9.17, 15) is 23.1 Å². The van der Waals surface area contributed by atoms with Crippen LogP contribution in [0.4, 0.5) is 0 Å². The lowest BCUT2D eigenvalue weighted by molar-refractivity contribution is -0.139. The first kappa shape index (κ1) is 20.6. The average Bonchev–Trinajstić information content (AvgIpc) is 2.61. The van der Waals surface area contributed by atoms with Crippen LogP contribution in [0.1, 0.15) is 36.2 Å². The Bertz CT molecular complexity index is 907. The van der Waals surface area contributed by atoms with E-state index in [2.05, 4.69) is 5.32 Å². The number of carbonyl (C=O) groups is 2. The van der Waals surface area contributed by atoms with Crippen molar-refractivity contribution in [2.75, 3.05) is 0 Å². The largest absolute Gasteiger partial charge is 0.480 e. The van der Waals surface area contributed by atoms with Crippen LogP contribution in [-0.2, 0) is 20.4 Å². The fourth-order valence-corrected chi connectivity index (χ4v) is 4.03. The van der Waals surface area contributed by atoms with E-state index in [1.54, 1.807) is 30.3 Å². The van der Waals surface area contributed by atoms with Crippen molar-refractivity contribution in [2.45, 2.75) is 37.0 Å². The number of nitrogens with one attached hydrogen (secondary N) is 1. The third-order valence-electron chi connectivity index (χ3n) is 3.97. The van der Waals surface area contributed by atoms with E-state index in [-0.39, 0.29) is 28.6 Å². The van der Waals surface area contributed by atoms with Crippen molar-refractivity contribution in [1.82, 2.24) is 5.32 Å². The first-order valence-electron chi connectivity index (χ1n) is 8.59. The Morgan fingerprint density at radius 1 is 1.04 bits per heavy atom. The molecule has 0 saturated carbocycles. The molecule has 1 atom stereocenters. The minimum atomic E-state index is -3.63. The Balaban J connectivity index is 2.21. The topological polar surface area (TPSA) is 101 Å². The van der Waals surface area contributed by atoms with Crippen LogP contribution in [0, 0.1) is 5.92 Å². The number of sulfone groups is 1. The minimum Gasteiger partial charge on any atom is -0.480 e. The quantitative estimate of drug-likeness (QED) is 0.723. The highest BCUT2D eigenvalue weighted by molar-refractivity contribution is 7.90. The molecule has 0 aliphatic carbocycles. The summed E-state index contributed by atoms with van der Waals surface area (Å²) in [6.07, 6.45) is 0.285. The van der Waals surface area contributed by atoms with Crippen molar-refractivity contribution in [3.8, 4) is 0 Å². The number of hydrogen-bond acceptors (Lipinski definition) is 4. The Morgan fingerprint density at radius 2 is 1.70 bits per heavy atom. The first-order chi connectivity index (χ1) is 12.7. The zero-order valence-corrected chi connectivity index (χ0v) is 16.1. The number of aliphatic carboxylic acids is 1. The van der Waals surface area contributed by atoms with Crippen LogP contribution in [0.25, 0.3) is 0 Å². The summed E-state index contributed by atoms with van der Waals surface area (Å²) in [5, 5.41) is 11.7. The molecule has 1 unspecified atom stereocenters. The van der Waals surface area contributed by atoms with Crippen LogP contribution in [0.3, 0.4) is 0 Å². The molecule has 0 heterocycles. The summed E-state index contributed by atoms with van der Waals surface area (Å²) in [7, 11) is -3.63. The van der Waals surface area contributed by atoms with E-state index in [1.807, 2.05) is 13.8 Å². The van der Waals surface area contributed by atoms with Crippen molar-refractivity contribution >= 4 is 21.7 Å². The molecule has 6 nitrogen and oxygen atoms in total. The second kappa shape index (κ2) is 8.81. The van der Waals surface area contributed by atoms with Crippen LogP contribution in [0.15, 0.2) is 59.5 Å². The standard InChI is InChI=1S/C20H23NO5S/c1-14(2)11-18(20(23)24)21-19(22)16-9-6-10-17(12-16)27(25,26)13-15-7-4-3-5-8-15/h3-10,12,14,18H,11,13H2,1-2H3,(H,21,22)(H,23,24). The molecule has 0 spiro atoms. The number of rotatable bonds is 8. The number of carboxylic acids is 1. The molecule has 2 aromatic carbocycles. The molecule has 0 bridgehead atoms. The van der Waals surface area contributed by atoms with Gasteiger partial charge in [-0.2, -0.15) is 0 Å². The highest BCUT2D eigenvalue weighted by Gasteiger charge is 2.23. The van der Waals surface area contributed by atoms with Gasteiger partial charge in [-0.3, -0.25) is 4.79 Å². The highest BCUT2D eigenvalue weighted by Crippen LogP contribution is 2.18. The SMILES string of the molecule is CC(C)CC(NC(=O)c1cccc(S(=O)(=O)Cc2ccccc2)c1)C(=O)O. The van der Waals surface area contributed by atoms with E-state index >= 15 is 0 Å². The van der Waals surface area contributed by atoms with Crippen molar-refractivity contribution in [2.24, 2.45) is 5.92 Å². The van der Waals surface area contributed by atoms with E-state index in [4.69, 9.17) is 0 Å². The molecule has 0 fully saturated rings. The van der Waals surface area contributed by atoms with Crippen molar-refractivity contribution in [3.63, 3.8) is 0 Å². The predicted molar refractivity (Wildman–Crippen MR) is 102 cm³/mol. The van der Waals surface area contributed by atoms with Crippen molar-refractivity contribution < 1.29 is 23.1 Å². The lowest BCUT2D eigenvalue weighted by Gasteiger charge is -2.16. The van der Waals surface area contributed by atoms with Crippen LogP contribution in [-0.4, -0.2) is 31.4 Å². The molecule has 0 aromatic heterocycles. The molecule has 1 amide bonds. The molecule has 0 saturated heterocycles. The first-order valence-corrected chi connectivity index (χ1v) is 10.2. The number of carboxylic acid groups (broad SMARTS) is 1. The minimum absolute atomic E-state index is 0.0229. The van der Waals surface area contributed by atoms with Gasteiger partial charge in [-0.1, -0.05) is 50.2 Å². The molecular formula is C20H23NO5S. The zero-order valence-electron chi connectivity index (χ0n) is 15.3. The summed E-state index contributed by atoms with van der Waals surface area (Å²) in [5.41, 5.74) is 0.759. The maximum absolute atomic E-state index is 12.6. The lowest BCUT2D eigenvalue weighted by atomic mass is 10.0. The van der Waals surface area contributed by atoms with E-state index in [1.165, 1.54) is 24.3 Å². The zero-order chi connectivity index (χ0) is 20.0. The maximum Gasteiger partial charge on any atom is 0.326 e. The highest BCUT2D eigenvalue weighted by atomic mass is 32.2. The number of benzene rings is 2. The van der Waals surface area contributed by atoms with Gasteiger partial charge < -0.3 is 10.4 Å². The Kier molecular flexibility index (Phi) is 6.74. The van der Waals surface area contributed by atoms with E-state index < -0.39 is 27.8 Å². The number of amides is 1. The third kappa shape index (κ3) is 5.92. The summed E-state index contributed by atoms with van der Waals surface area (Å²) < 4.78 is 25.3. The summed E-state index contributed by atoms with van der Waals surface area (Å²) >= 11 is 0. The molecule has 0 aliphatic rings. The second-order valence-electron chi connectivity index (χ2n) is 6.77. The van der Waals surface area contributed by atoms with Gasteiger partial charge >= 0.3 is 5.97 Å². The lowest BCUT2D eigenvalue weighted by Crippen LogP contribution is -2.41. The summed E-state index contributed by atoms with van der Waals surface area (Å²) in [5.74, 6) is -1.82. The summed E-state index contributed by atoms with van der Waals surface area (Å²) in [4.78, 5) is 23.8. The van der Waals surface area contributed by atoms with Gasteiger partial charge in [0, 0.05) is 5.56 Å². The molecule has 2 rings (SSSR count). The fraction of sp³-hybridized carbons (Fsp3) is 0.300. The van der Waals surface area contributed by atoms with Gasteiger partial charge in [0.2, 0.25) is 0 Å². The van der Waals surface area contributed by atoms with Crippen molar-refractivity contribution in [1.29, 1.82) is 0 Å². The maximum atomic E-state index is 12.6. The molecular weight excluding hydrogens is 366 g/mol. The van der Waals surface area contributed by atoms with Gasteiger partial charge in [0.15, 0.2) is 9.84 Å². The monoisotopic (exact) mass is 389 g/mol. The summed E-state index contributed by atoms with van der Waals surface area (Å²) in [6.45, 7) is 3.72. The Morgan fingerprint density at radius 3 is 2.30 bits per heavy atom. The second-order valence-corrected chi connectivity index (χ2v) is 8.76. The molecule has 0 aliphatic heterocycles. The van der Waals surface area contributed by atoms with Gasteiger partial charge in [-0.25, -0.2) is 13.2 Å². The molecule has 2 aromatic rings. The molecule has 144 valence electrons. The molecule has 7 heteroatoms.